The van der Waals surface area contributed by atoms with Crippen LogP contribution in [0.1, 0.15) is 54.1 Å². The Bertz CT molecular complexity index is 5490. The van der Waals surface area contributed by atoms with Crippen LogP contribution in [0.15, 0.2) is 275 Å². The first kappa shape index (κ1) is 75.4. The number of nitrogens with zero attached hydrogens (tertiary/aromatic N) is 5. The monoisotopic (exact) mass is 1490 g/mol. The molecule has 20 heteroatoms. The van der Waals surface area contributed by atoms with Gasteiger partial charge in [0.05, 0.1) is 112 Å². The highest BCUT2D eigenvalue weighted by atomic mass is 32.1. The molecule has 0 saturated carbocycles. The molecule has 0 saturated heterocycles. The summed E-state index contributed by atoms with van der Waals surface area (Å²) in [5.41, 5.74) is 18.6. The van der Waals surface area contributed by atoms with Crippen LogP contribution in [0.3, 0.4) is 0 Å². The maximum atomic E-state index is 12.9. The van der Waals surface area contributed by atoms with E-state index in [1.54, 1.807) is 105 Å². The summed E-state index contributed by atoms with van der Waals surface area (Å²) in [6, 6.07) is 82.4. The van der Waals surface area contributed by atoms with Gasteiger partial charge in [-0.1, -0.05) is 108 Å². The van der Waals surface area contributed by atoms with Gasteiger partial charge < -0.3 is 56.8 Å². The number of methoxy groups -OCH3 is 8. The molecule has 5 heterocycles. The average Bonchev–Trinajstić information content (AvgIpc) is 1.76. The summed E-state index contributed by atoms with van der Waals surface area (Å²) in [5.74, 6) is 6.31. The molecule has 0 amide bonds. The molecular weight excluding hydrogens is 1420 g/mol. The lowest BCUT2D eigenvalue weighted by Crippen LogP contribution is -2.13. The normalized spacial score (nSPS) is 11.4. The Morgan fingerprint density at radius 2 is 0.766 bits per heavy atom. The van der Waals surface area contributed by atoms with Crippen LogP contribution in [-0.2, 0) is 12.8 Å². The van der Waals surface area contributed by atoms with Gasteiger partial charge in [-0.25, -0.2) is 24.5 Å². The molecule has 1 N–H and O–H groups in total. The van der Waals surface area contributed by atoms with Crippen molar-refractivity contribution >= 4 is 78.4 Å². The van der Waals surface area contributed by atoms with E-state index in [-0.39, 0.29) is 11.5 Å². The van der Waals surface area contributed by atoms with Gasteiger partial charge in [0.15, 0.2) is 63.1 Å². The number of aromatic nitrogens is 4. The van der Waals surface area contributed by atoms with Crippen molar-refractivity contribution in [2.24, 2.45) is 9.98 Å². The van der Waals surface area contributed by atoms with Crippen molar-refractivity contribution in [2.45, 2.75) is 26.7 Å². The fraction of sp³-hybridized carbons (Fsp3) is 0.132. The van der Waals surface area contributed by atoms with E-state index < -0.39 is 11.9 Å². The number of fused-ring (bicyclic) bond motifs is 5. The number of H-pyrrole nitrogens is 1. The number of aromatic amines is 1. The molecule has 0 aliphatic carbocycles. The number of imidazole rings is 1. The number of esters is 2. The van der Waals surface area contributed by atoms with Gasteiger partial charge in [0.2, 0.25) is 5.89 Å². The summed E-state index contributed by atoms with van der Waals surface area (Å²) < 4.78 is 60.5. The van der Waals surface area contributed by atoms with Gasteiger partial charge in [-0.2, -0.15) is 0 Å². The third kappa shape index (κ3) is 17.9. The molecule has 17 rings (SSSR count). The summed E-state index contributed by atoms with van der Waals surface area (Å²) in [6.45, 7) is 3.89. The summed E-state index contributed by atoms with van der Waals surface area (Å²) in [7, 11) is 13.0. The summed E-state index contributed by atoms with van der Waals surface area (Å²) in [6.07, 6.45) is 1.54. The van der Waals surface area contributed by atoms with Gasteiger partial charge in [0.25, 0.3) is 0 Å². The first-order valence-corrected chi connectivity index (χ1v) is 36.1. The van der Waals surface area contributed by atoms with Crippen molar-refractivity contribution in [3.8, 4) is 90.9 Å². The first-order valence-electron chi connectivity index (χ1n) is 35.3. The number of aliphatic imine (C=N–C) groups is 2. The summed E-state index contributed by atoms with van der Waals surface area (Å²) in [4.78, 5) is 52.0. The zero-order valence-electron chi connectivity index (χ0n) is 62.7. The lowest BCUT2D eigenvalue weighted by molar-refractivity contribution is 0.0682. The maximum Gasteiger partial charge on any atom is 0.343 e. The average molecular weight is 1500 g/mol. The van der Waals surface area contributed by atoms with Crippen LogP contribution >= 0.6 is 11.3 Å². The highest BCUT2D eigenvalue weighted by molar-refractivity contribution is 7.21. The number of nitrogens with one attached hydrogen (secondary N) is 1. The second-order valence-electron chi connectivity index (χ2n) is 25.3. The molecule has 556 valence electrons. The van der Waals surface area contributed by atoms with E-state index in [0.717, 1.165) is 135 Å². The number of benzene rings is 12. The fourth-order valence-electron chi connectivity index (χ4n) is 12.2. The van der Waals surface area contributed by atoms with E-state index in [9.17, 15) is 9.59 Å². The molecule has 0 radical (unpaired) electrons. The zero-order chi connectivity index (χ0) is 77.3. The molecular formula is C91H78N6O13S. The number of ether oxygens (including phenoxy) is 10. The molecule has 19 nitrogen and oxygen atoms in total. The van der Waals surface area contributed by atoms with Crippen molar-refractivity contribution in [3.05, 3.63) is 305 Å². The minimum atomic E-state index is -0.536. The molecule has 0 spiro atoms. The Morgan fingerprint density at radius 1 is 0.360 bits per heavy atom. The van der Waals surface area contributed by atoms with Crippen molar-refractivity contribution in [2.75, 3.05) is 56.9 Å². The predicted molar refractivity (Wildman–Crippen MR) is 436 cm³/mol. The summed E-state index contributed by atoms with van der Waals surface area (Å²) >= 11 is 1.68. The molecule has 0 unspecified atom stereocenters. The highest BCUT2D eigenvalue weighted by Crippen LogP contribution is 2.40. The second kappa shape index (κ2) is 35.2. The zero-order valence-corrected chi connectivity index (χ0v) is 63.5. The molecule has 12 aromatic carbocycles. The molecule has 2 aliphatic heterocycles. The van der Waals surface area contributed by atoms with Crippen LogP contribution in [0, 0.1) is 13.8 Å². The van der Waals surface area contributed by atoms with Gasteiger partial charge in [0.1, 0.15) is 16.3 Å². The Labute approximate surface area is 646 Å². The van der Waals surface area contributed by atoms with Gasteiger partial charge in [0, 0.05) is 40.7 Å². The number of aryl methyl sites for hydroxylation is 2. The number of para-hydroxylation sites is 7. The number of oxazole rings is 1. The van der Waals surface area contributed by atoms with Crippen molar-refractivity contribution < 1.29 is 61.4 Å². The van der Waals surface area contributed by atoms with Gasteiger partial charge in [-0.15, -0.1) is 11.3 Å². The Kier molecular flexibility index (Phi) is 23.9. The molecule has 15 aromatic rings. The standard InChI is InChI=1S/C30H23NO4.C16H15NO2.C15H14N2O2.C15H13NO3.C15H13NO2S/c1-19-7-11-21(12-8-19)29(32)34-27-16-15-24(26-17-23-5-3-4-6-25(23)31-26)18-28(27)35-30(33)22-13-9-20(2)10-14-22;1-18-15-8-7-12(10-16(15)19-2)14-9-11-5-3-4-6-13(11)17-14;1-18-13-8-7-10(9-14(13)19-2)15-16-11-5-3-4-6-12(11)17-15;1-17-13-8-7-10(9-14(13)18-2)15-16-11-5-3-4-6-12(11)19-15;1-17-12-8-7-10(9-13(12)18-2)15-16-11-5-3-4-6-14(11)19-15/h3-16,18H,17H2,1-2H3;3-8,10H,9H2,1-2H3;3-9H,1-2H3,(H,16,17);2*3-9H,1-2H3. The molecule has 0 fully saturated rings. The van der Waals surface area contributed by atoms with E-state index in [4.69, 9.17) is 56.8 Å². The number of hydrogen-bond donors (Lipinski definition) is 1. The largest absolute Gasteiger partial charge is 0.493 e. The van der Waals surface area contributed by atoms with Crippen LogP contribution in [-0.4, -0.2) is 100 Å². The molecule has 0 atom stereocenters. The minimum Gasteiger partial charge on any atom is -0.493 e. The highest BCUT2D eigenvalue weighted by Gasteiger charge is 2.23. The van der Waals surface area contributed by atoms with Gasteiger partial charge in [-0.3, -0.25) is 9.98 Å². The van der Waals surface area contributed by atoms with Crippen molar-refractivity contribution in [1.29, 1.82) is 0 Å². The molecule has 2 aliphatic rings. The predicted octanol–water partition coefficient (Wildman–Crippen LogP) is 20.5. The van der Waals surface area contributed by atoms with E-state index in [1.165, 1.54) is 10.3 Å². The molecule has 0 bridgehead atoms. The first-order chi connectivity index (χ1) is 54.2. The Balaban J connectivity index is 0.000000125. The van der Waals surface area contributed by atoms with Gasteiger partial charge >= 0.3 is 11.9 Å². The van der Waals surface area contributed by atoms with Crippen LogP contribution in [0.2, 0.25) is 0 Å². The minimum absolute atomic E-state index is 0.159. The number of thiazole rings is 1. The van der Waals surface area contributed by atoms with Crippen LogP contribution < -0.4 is 47.4 Å². The van der Waals surface area contributed by atoms with E-state index >= 15 is 0 Å². The van der Waals surface area contributed by atoms with Crippen LogP contribution in [0.4, 0.5) is 11.4 Å². The molecule has 111 heavy (non-hydrogen) atoms. The summed E-state index contributed by atoms with van der Waals surface area (Å²) in [5, 5.41) is 0.988. The molecule has 3 aromatic heterocycles. The maximum absolute atomic E-state index is 12.9. The SMILES string of the molecule is COc1ccc(-c2nc3ccccc3[nH]2)cc1OC.COc1ccc(-c2nc3ccccc3o2)cc1OC.COc1ccc(-c2nc3ccccc3s2)cc1OC.COc1ccc(C2=Nc3ccccc3C2)cc1OC.Cc1ccc(C(=O)Oc2ccc(C3=Nc4ccccc4C3)cc2OC(=O)c2ccc(C)cc2)cc1. The fourth-order valence-corrected chi connectivity index (χ4v) is 13.1. The van der Waals surface area contributed by atoms with Crippen LogP contribution in [0.5, 0.6) is 57.5 Å². The van der Waals surface area contributed by atoms with E-state index in [1.807, 2.05) is 226 Å². The van der Waals surface area contributed by atoms with E-state index in [2.05, 4.69) is 37.1 Å². The van der Waals surface area contributed by atoms with Crippen molar-refractivity contribution in [1.82, 2.24) is 19.9 Å². The van der Waals surface area contributed by atoms with E-state index in [0.29, 0.717) is 46.4 Å². The van der Waals surface area contributed by atoms with Crippen LogP contribution in [0.25, 0.3) is 65.8 Å². The van der Waals surface area contributed by atoms with Crippen molar-refractivity contribution in [3.63, 3.8) is 0 Å². The second-order valence-corrected chi connectivity index (χ2v) is 26.3. The smallest absolute Gasteiger partial charge is 0.343 e. The lowest BCUT2D eigenvalue weighted by Gasteiger charge is -2.13. The number of rotatable bonds is 17. The quantitative estimate of drug-likeness (QED) is 0.0662. The topological polar surface area (TPSA) is 219 Å². The number of carbonyl (C=O) groups is 2. The number of hydrogen-bond acceptors (Lipinski definition) is 19. The number of carbonyl (C=O) groups excluding carboxylic acids is 2. The third-order valence-corrected chi connectivity index (χ3v) is 19.2. The third-order valence-electron chi connectivity index (χ3n) is 18.1. The Morgan fingerprint density at radius 3 is 1.27 bits per heavy atom. The van der Waals surface area contributed by atoms with Gasteiger partial charge in [-0.05, 0) is 189 Å². The Hall–Kier alpha value is -13.9. The lowest BCUT2D eigenvalue weighted by atomic mass is 10.0.